The fourth-order valence-electron chi connectivity index (χ4n) is 0.970. The Morgan fingerprint density at radius 1 is 1.17 bits per heavy atom. The molecule has 0 amide bonds. The van der Waals surface area contributed by atoms with Gasteiger partial charge in [-0.05, 0) is 12.8 Å². The second kappa shape index (κ2) is 10.2. The molecule has 0 N–H and O–H groups in total. The van der Waals surface area contributed by atoms with Crippen molar-refractivity contribution in [2.75, 3.05) is 6.61 Å². The fourth-order valence-corrected chi connectivity index (χ4v) is 0.970. The predicted molar refractivity (Wildman–Crippen MR) is 49.9 cm³/mol. The number of carbonyl (C=O) groups is 1. The first kappa shape index (κ1) is 11.2. The van der Waals surface area contributed by atoms with Gasteiger partial charge in [-0.25, -0.2) is 0 Å². The van der Waals surface area contributed by atoms with Crippen LogP contribution in [0.5, 0.6) is 0 Å². The average Bonchev–Trinajstić information content (AvgIpc) is 2.10. The van der Waals surface area contributed by atoms with E-state index in [1.807, 2.05) is 6.08 Å². The van der Waals surface area contributed by atoms with Crippen LogP contribution in [0.15, 0.2) is 12.2 Å². The van der Waals surface area contributed by atoms with E-state index in [9.17, 15) is 4.79 Å². The smallest absolute Gasteiger partial charge is 0.293 e. The van der Waals surface area contributed by atoms with Crippen molar-refractivity contribution in [2.24, 2.45) is 0 Å². The summed E-state index contributed by atoms with van der Waals surface area (Å²) in [5.74, 6) is 0. The van der Waals surface area contributed by atoms with Crippen LogP contribution in [0.3, 0.4) is 0 Å². The lowest BCUT2D eigenvalue weighted by molar-refractivity contribution is -0.127. The van der Waals surface area contributed by atoms with E-state index in [-0.39, 0.29) is 0 Å². The number of hydrogen-bond donors (Lipinski definition) is 0. The Morgan fingerprint density at radius 2 is 2.00 bits per heavy atom. The molecule has 0 aromatic rings. The SMILES string of the molecule is CCCCCC/C=C\COC=O. The molecule has 2 heteroatoms. The zero-order valence-corrected chi connectivity index (χ0v) is 7.79. The Bertz CT molecular complexity index is 119. The van der Waals surface area contributed by atoms with Gasteiger partial charge < -0.3 is 4.74 Å². The third kappa shape index (κ3) is 9.21. The van der Waals surface area contributed by atoms with Gasteiger partial charge in [0.15, 0.2) is 0 Å². The zero-order chi connectivity index (χ0) is 9.07. The van der Waals surface area contributed by atoms with Crippen LogP contribution in [0.25, 0.3) is 0 Å². The molecule has 0 radical (unpaired) electrons. The highest BCUT2D eigenvalue weighted by molar-refractivity contribution is 5.37. The Hall–Kier alpha value is -0.790. The van der Waals surface area contributed by atoms with Gasteiger partial charge in [0.05, 0.1) is 0 Å². The predicted octanol–water partition coefficient (Wildman–Crippen LogP) is 2.69. The number of ether oxygens (including phenoxy) is 1. The average molecular weight is 170 g/mol. The summed E-state index contributed by atoms with van der Waals surface area (Å²) >= 11 is 0. The van der Waals surface area contributed by atoms with Gasteiger partial charge in [-0.2, -0.15) is 0 Å². The summed E-state index contributed by atoms with van der Waals surface area (Å²) in [6.45, 7) is 3.09. The molecule has 0 bridgehead atoms. The van der Waals surface area contributed by atoms with Crippen LogP contribution in [0.4, 0.5) is 0 Å². The lowest BCUT2D eigenvalue weighted by Crippen LogP contribution is -1.85. The van der Waals surface area contributed by atoms with E-state index in [4.69, 9.17) is 0 Å². The highest BCUT2D eigenvalue weighted by Gasteiger charge is 1.83. The quantitative estimate of drug-likeness (QED) is 0.318. The van der Waals surface area contributed by atoms with Crippen molar-refractivity contribution in [3.05, 3.63) is 12.2 Å². The van der Waals surface area contributed by atoms with E-state index in [1.165, 1.54) is 25.7 Å². The van der Waals surface area contributed by atoms with Crippen molar-refractivity contribution in [2.45, 2.75) is 39.0 Å². The van der Waals surface area contributed by atoms with E-state index < -0.39 is 0 Å². The van der Waals surface area contributed by atoms with Gasteiger partial charge in [-0.1, -0.05) is 38.3 Å². The van der Waals surface area contributed by atoms with Crippen LogP contribution < -0.4 is 0 Å². The van der Waals surface area contributed by atoms with Crippen molar-refractivity contribution < 1.29 is 9.53 Å². The number of carbonyl (C=O) groups excluding carboxylic acids is 1. The minimum atomic E-state index is 0.414. The maximum absolute atomic E-state index is 9.72. The van der Waals surface area contributed by atoms with Crippen LogP contribution >= 0.6 is 0 Å². The second-order valence-corrected chi connectivity index (χ2v) is 2.75. The van der Waals surface area contributed by atoms with Crippen molar-refractivity contribution in [3.63, 3.8) is 0 Å². The van der Waals surface area contributed by atoms with E-state index in [0.29, 0.717) is 13.1 Å². The Morgan fingerprint density at radius 3 is 2.67 bits per heavy atom. The lowest BCUT2D eigenvalue weighted by Gasteiger charge is -1.94. The minimum Gasteiger partial charge on any atom is -0.464 e. The van der Waals surface area contributed by atoms with E-state index >= 15 is 0 Å². The van der Waals surface area contributed by atoms with Gasteiger partial charge in [0.2, 0.25) is 0 Å². The normalized spacial score (nSPS) is 10.4. The fraction of sp³-hybridized carbons (Fsp3) is 0.700. The summed E-state index contributed by atoms with van der Waals surface area (Å²) in [6.07, 6.45) is 10.2. The summed E-state index contributed by atoms with van der Waals surface area (Å²) in [7, 11) is 0. The molecule has 0 aliphatic carbocycles. The van der Waals surface area contributed by atoms with Crippen molar-refractivity contribution in [1.29, 1.82) is 0 Å². The summed E-state index contributed by atoms with van der Waals surface area (Å²) in [6, 6.07) is 0. The summed E-state index contributed by atoms with van der Waals surface area (Å²) in [4.78, 5) is 9.72. The van der Waals surface area contributed by atoms with Crippen molar-refractivity contribution in [3.8, 4) is 0 Å². The van der Waals surface area contributed by atoms with E-state index in [2.05, 4.69) is 17.7 Å². The summed E-state index contributed by atoms with van der Waals surface area (Å²) in [5, 5.41) is 0. The molecule has 12 heavy (non-hydrogen) atoms. The molecule has 2 nitrogen and oxygen atoms in total. The molecular formula is C10H18O2. The lowest BCUT2D eigenvalue weighted by atomic mass is 10.1. The van der Waals surface area contributed by atoms with Gasteiger partial charge in [-0.15, -0.1) is 0 Å². The van der Waals surface area contributed by atoms with Crippen LogP contribution in [-0.2, 0) is 9.53 Å². The molecule has 0 aliphatic rings. The van der Waals surface area contributed by atoms with Crippen LogP contribution in [0.2, 0.25) is 0 Å². The van der Waals surface area contributed by atoms with Crippen LogP contribution in [0.1, 0.15) is 39.0 Å². The largest absolute Gasteiger partial charge is 0.464 e. The van der Waals surface area contributed by atoms with Gasteiger partial charge in [0.25, 0.3) is 6.47 Å². The van der Waals surface area contributed by atoms with Gasteiger partial charge in [0, 0.05) is 0 Å². The van der Waals surface area contributed by atoms with E-state index in [0.717, 1.165) is 6.42 Å². The molecule has 0 heterocycles. The molecule has 0 unspecified atom stereocenters. The maximum Gasteiger partial charge on any atom is 0.293 e. The first-order valence-corrected chi connectivity index (χ1v) is 4.62. The monoisotopic (exact) mass is 170 g/mol. The highest BCUT2D eigenvalue weighted by atomic mass is 16.5. The third-order valence-corrected chi connectivity index (χ3v) is 1.65. The number of unbranched alkanes of at least 4 members (excludes halogenated alkanes) is 4. The molecule has 0 saturated heterocycles. The van der Waals surface area contributed by atoms with Crippen molar-refractivity contribution in [1.82, 2.24) is 0 Å². The molecule has 0 spiro atoms. The first-order chi connectivity index (χ1) is 5.91. The zero-order valence-electron chi connectivity index (χ0n) is 7.79. The maximum atomic E-state index is 9.72. The topological polar surface area (TPSA) is 26.3 Å². The summed E-state index contributed by atoms with van der Waals surface area (Å²) < 4.78 is 4.49. The molecule has 0 saturated carbocycles. The van der Waals surface area contributed by atoms with Crippen LogP contribution in [0, 0.1) is 0 Å². The van der Waals surface area contributed by atoms with Gasteiger partial charge in [0.1, 0.15) is 6.61 Å². The molecule has 0 aromatic heterocycles. The second-order valence-electron chi connectivity index (χ2n) is 2.75. The number of hydrogen-bond acceptors (Lipinski definition) is 2. The molecular weight excluding hydrogens is 152 g/mol. The minimum absolute atomic E-state index is 0.414. The van der Waals surface area contributed by atoms with Gasteiger partial charge in [-0.3, -0.25) is 4.79 Å². The molecule has 0 aliphatic heterocycles. The molecule has 70 valence electrons. The Balaban J connectivity index is 2.97. The van der Waals surface area contributed by atoms with Crippen LogP contribution in [-0.4, -0.2) is 13.1 Å². The van der Waals surface area contributed by atoms with Crippen molar-refractivity contribution >= 4 is 6.47 Å². The molecule has 0 aromatic carbocycles. The summed E-state index contributed by atoms with van der Waals surface area (Å²) in [5.41, 5.74) is 0. The first-order valence-electron chi connectivity index (χ1n) is 4.62. The Kier molecular flexibility index (Phi) is 9.54. The molecule has 0 atom stereocenters. The highest BCUT2D eigenvalue weighted by Crippen LogP contribution is 2.02. The number of rotatable bonds is 8. The van der Waals surface area contributed by atoms with Gasteiger partial charge >= 0.3 is 0 Å². The standard InChI is InChI=1S/C10H18O2/c1-2-3-4-5-6-7-8-9-12-10-11/h7-8,10H,2-6,9H2,1H3/b8-7-. The van der Waals surface area contributed by atoms with E-state index in [1.54, 1.807) is 0 Å². The third-order valence-electron chi connectivity index (χ3n) is 1.65. The Labute approximate surface area is 74.6 Å². The molecule has 0 rings (SSSR count). The number of allylic oxidation sites excluding steroid dienone is 1. The molecule has 0 fully saturated rings.